The molecule has 0 spiro atoms. The Morgan fingerprint density at radius 2 is 1.91 bits per heavy atom. The molecule has 0 aliphatic heterocycles. The number of oxazole rings is 1. The van der Waals surface area contributed by atoms with Crippen LogP contribution < -0.4 is 10.6 Å². The number of halogens is 1. The molecule has 0 bridgehead atoms. The van der Waals surface area contributed by atoms with Gasteiger partial charge in [-0.25, -0.2) is 9.97 Å². The molecule has 8 heteroatoms. The molecule has 0 amide bonds. The lowest BCUT2D eigenvalue weighted by Gasteiger charge is -2.13. The van der Waals surface area contributed by atoms with Gasteiger partial charge >= 0.3 is 0 Å². The van der Waals surface area contributed by atoms with E-state index >= 15 is 0 Å². The van der Waals surface area contributed by atoms with Crippen LogP contribution in [-0.2, 0) is 18.5 Å². The highest BCUT2D eigenvalue weighted by atomic mass is 127. The first kappa shape index (κ1) is 19.9. The molecule has 0 saturated heterocycles. The highest BCUT2D eigenvalue weighted by molar-refractivity contribution is 14.0. The molecule has 2 heterocycles. The summed E-state index contributed by atoms with van der Waals surface area (Å²) >= 11 is 1.67. The van der Waals surface area contributed by atoms with Crippen molar-refractivity contribution in [3.8, 4) is 0 Å². The van der Waals surface area contributed by atoms with Gasteiger partial charge in [0.25, 0.3) is 0 Å². The predicted octanol–water partition coefficient (Wildman–Crippen LogP) is 3.22. The molecule has 0 aliphatic rings. The summed E-state index contributed by atoms with van der Waals surface area (Å²) in [5.41, 5.74) is -0.0325. The minimum Gasteiger partial charge on any atom is -0.443 e. The fourth-order valence-electron chi connectivity index (χ4n) is 1.78. The summed E-state index contributed by atoms with van der Waals surface area (Å²) in [6.07, 6.45) is 3.66. The molecular formula is C15H24IN5OS. The lowest BCUT2D eigenvalue weighted by molar-refractivity contribution is 0.379. The predicted molar refractivity (Wildman–Crippen MR) is 105 cm³/mol. The second-order valence-electron chi connectivity index (χ2n) is 5.99. The number of aromatic nitrogens is 2. The van der Waals surface area contributed by atoms with Gasteiger partial charge in [0.15, 0.2) is 5.96 Å². The Morgan fingerprint density at radius 1 is 1.22 bits per heavy atom. The van der Waals surface area contributed by atoms with E-state index in [4.69, 9.17) is 4.42 Å². The molecular weight excluding hydrogens is 425 g/mol. The number of rotatable bonds is 4. The van der Waals surface area contributed by atoms with Crippen LogP contribution in [0.25, 0.3) is 0 Å². The van der Waals surface area contributed by atoms with E-state index in [1.807, 2.05) is 13.1 Å². The zero-order valence-electron chi connectivity index (χ0n) is 14.1. The molecule has 2 N–H and O–H groups in total. The molecule has 0 atom stereocenters. The van der Waals surface area contributed by atoms with Crippen LogP contribution >= 0.6 is 35.3 Å². The number of aliphatic imine (C=N–C) groups is 1. The summed E-state index contributed by atoms with van der Waals surface area (Å²) in [6.45, 7) is 9.49. The number of aryl methyl sites for hydroxylation is 1. The summed E-state index contributed by atoms with van der Waals surface area (Å²) in [6, 6.07) is 0. The van der Waals surface area contributed by atoms with Crippen molar-refractivity contribution in [2.24, 2.45) is 4.99 Å². The molecule has 6 nitrogen and oxygen atoms in total. The number of hydrogen-bond acceptors (Lipinski definition) is 5. The average molecular weight is 449 g/mol. The fourth-order valence-corrected chi connectivity index (χ4v) is 2.51. The molecule has 0 fully saturated rings. The lowest BCUT2D eigenvalue weighted by Crippen LogP contribution is -2.36. The van der Waals surface area contributed by atoms with Gasteiger partial charge in [0.05, 0.1) is 24.3 Å². The standard InChI is InChI=1S/C15H23N5OS.HI/c1-10-17-6-11(22-10)7-19-14(16-5)20-9-13-18-8-12(21-13)15(2,3)4;/h6,8H,7,9H2,1-5H3,(H2,16,19,20);1H. The van der Waals surface area contributed by atoms with Crippen LogP contribution in [-0.4, -0.2) is 23.0 Å². The Balaban J connectivity index is 0.00000264. The van der Waals surface area contributed by atoms with Crippen LogP contribution in [0.1, 0.15) is 42.3 Å². The maximum Gasteiger partial charge on any atom is 0.213 e. The zero-order chi connectivity index (χ0) is 16.2. The van der Waals surface area contributed by atoms with Gasteiger partial charge in [-0.3, -0.25) is 4.99 Å². The summed E-state index contributed by atoms with van der Waals surface area (Å²) in [5.74, 6) is 2.25. The first-order valence-electron chi connectivity index (χ1n) is 7.19. The molecule has 2 aromatic heterocycles. The zero-order valence-corrected chi connectivity index (χ0v) is 17.3. The molecule has 0 unspecified atom stereocenters. The highest BCUT2D eigenvalue weighted by Crippen LogP contribution is 2.22. The summed E-state index contributed by atoms with van der Waals surface area (Å²) in [5, 5.41) is 7.50. The van der Waals surface area contributed by atoms with Gasteiger partial charge in [0.2, 0.25) is 5.89 Å². The van der Waals surface area contributed by atoms with E-state index in [1.54, 1.807) is 24.6 Å². The van der Waals surface area contributed by atoms with Crippen molar-refractivity contribution in [3.63, 3.8) is 0 Å². The van der Waals surface area contributed by atoms with Crippen LogP contribution in [0.5, 0.6) is 0 Å². The normalized spacial score (nSPS) is 12.0. The van der Waals surface area contributed by atoms with E-state index in [0.29, 0.717) is 24.9 Å². The minimum absolute atomic E-state index is 0. The Hall–Kier alpha value is -1.16. The maximum atomic E-state index is 5.74. The van der Waals surface area contributed by atoms with E-state index in [2.05, 4.69) is 46.4 Å². The van der Waals surface area contributed by atoms with E-state index in [1.165, 1.54) is 4.88 Å². The Labute approximate surface area is 158 Å². The largest absolute Gasteiger partial charge is 0.443 e. The molecule has 2 rings (SSSR count). The fraction of sp³-hybridized carbons (Fsp3) is 0.533. The van der Waals surface area contributed by atoms with Crippen molar-refractivity contribution >= 4 is 41.3 Å². The molecule has 0 saturated carbocycles. The number of hydrogen-bond donors (Lipinski definition) is 2. The molecule has 23 heavy (non-hydrogen) atoms. The molecule has 0 aromatic carbocycles. The van der Waals surface area contributed by atoms with Crippen LogP contribution in [0.3, 0.4) is 0 Å². The van der Waals surface area contributed by atoms with Crippen LogP contribution in [0.4, 0.5) is 0 Å². The topological polar surface area (TPSA) is 75.3 Å². The Morgan fingerprint density at radius 3 is 2.43 bits per heavy atom. The van der Waals surface area contributed by atoms with Gasteiger partial charge in [-0.05, 0) is 6.92 Å². The lowest BCUT2D eigenvalue weighted by atomic mass is 9.94. The number of guanidine groups is 1. The summed E-state index contributed by atoms with van der Waals surface area (Å²) in [7, 11) is 1.74. The molecule has 0 radical (unpaired) electrons. The van der Waals surface area contributed by atoms with Crippen LogP contribution in [0.15, 0.2) is 21.8 Å². The van der Waals surface area contributed by atoms with Gasteiger partial charge < -0.3 is 15.1 Å². The van der Waals surface area contributed by atoms with Gasteiger partial charge in [0, 0.05) is 23.5 Å². The van der Waals surface area contributed by atoms with E-state index in [9.17, 15) is 0 Å². The van der Waals surface area contributed by atoms with Gasteiger partial charge in [-0.15, -0.1) is 35.3 Å². The monoisotopic (exact) mass is 449 g/mol. The summed E-state index contributed by atoms with van der Waals surface area (Å²) < 4.78 is 5.74. The second kappa shape index (κ2) is 8.62. The quantitative estimate of drug-likeness (QED) is 0.426. The third kappa shape index (κ3) is 6.09. The van der Waals surface area contributed by atoms with Crippen LogP contribution in [0.2, 0.25) is 0 Å². The van der Waals surface area contributed by atoms with E-state index in [-0.39, 0.29) is 29.4 Å². The average Bonchev–Trinajstić information content (AvgIpc) is 3.07. The van der Waals surface area contributed by atoms with E-state index < -0.39 is 0 Å². The molecule has 0 aliphatic carbocycles. The number of nitrogens with one attached hydrogen (secondary N) is 2. The SMILES string of the molecule is CN=C(NCc1ncc(C(C)(C)C)o1)NCc1cnc(C)s1.I. The maximum absolute atomic E-state index is 5.74. The van der Waals surface area contributed by atoms with Crippen molar-refractivity contribution in [2.75, 3.05) is 7.05 Å². The van der Waals surface area contributed by atoms with Gasteiger partial charge in [-0.2, -0.15) is 0 Å². The van der Waals surface area contributed by atoms with Crippen molar-refractivity contribution in [1.82, 2.24) is 20.6 Å². The summed E-state index contributed by atoms with van der Waals surface area (Å²) in [4.78, 5) is 13.9. The first-order chi connectivity index (χ1) is 10.4. The highest BCUT2D eigenvalue weighted by Gasteiger charge is 2.19. The number of thiazole rings is 1. The molecule has 2 aromatic rings. The van der Waals surface area contributed by atoms with Crippen molar-refractivity contribution in [3.05, 3.63) is 33.9 Å². The third-order valence-corrected chi connectivity index (χ3v) is 3.94. The molecule has 128 valence electrons. The van der Waals surface area contributed by atoms with Gasteiger partial charge in [0.1, 0.15) is 5.76 Å². The number of nitrogens with zero attached hydrogens (tertiary/aromatic N) is 3. The smallest absolute Gasteiger partial charge is 0.213 e. The van der Waals surface area contributed by atoms with E-state index in [0.717, 1.165) is 10.8 Å². The van der Waals surface area contributed by atoms with Crippen molar-refractivity contribution in [1.29, 1.82) is 0 Å². The second-order valence-corrected chi connectivity index (χ2v) is 7.31. The van der Waals surface area contributed by atoms with Crippen LogP contribution in [0, 0.1) is 6.92 Å². The van der Waals surface area contributed by atoms with Gasteiger partial charge in [-0.1, -0.05) is 20.8 Å². The minimum atomic E-state index is -0.0325. The third-order valence-electron chi connectivity index (χ3n) is 3.02. The Bertz CT molecular complexity index is 644. The first-order valence-corrected chi connectivity index (χ1v) is 8.01. The van der Waals surface area contributed by atoms with Crippen molar-refractivity contribution < 1.29 is 4.42 Å². The van der Waals surface area contributed by atoms with Crippen molar-refractivity contribution in [2.45, 2.75) is 46.2 Å². The Kier molecular flexibility index (Phi) is 7.46.